The summed E-state index contributed by atoms with van der Waals surface area (Å²) in [6, 6.07) is 19.6. The van der Waals surface area contributed by atoms with Gasteiger partial charge < -0.3 is 31.3 Å². The molecule has 2 bridgehead atoms. The van der Waals surface area contributed by atoms with Gasteiger partial charge in [0.15, 0.2) is 0 Å². The monoisotopic (exact) mass is 756 g/mol. The average Bonchev–Trinajstić information content (AvgIpc) is 3.51. The number of nitrogens with two attached hydrogens (primary N) is 1. The van der Waals surface area contributed by atoms with E-state index >= 15 is 4.39 Å². The van der Waals surface area contributed by atoms with Crippen molar-refractivity contribution in [2.45, 2.75) is 83.8 Å². The normalized spacial score (nSPS) is 26.9. The maximum absolute atomic E-state index is 16.8. The van der Waals surface area contributed by atoms with Crippen molar-refractivity contribution in [3.05, 3.63) is 89.2 Å². The molecule has 4 aliphatic rings. The zero-order valence-electron chi connectivity index (χ0n) is 33.8. The maximum atomic E-state index is 16.8. The molecule has 1 saturated heterocycles. The molecular weight excluding hydrogens is 696 g/mol. The smallest absolute Gasteiger partial charge is 0.251 e. The van der Waals surface area contributed by atoms with Crippen LogP contribution in [0.4, 0.5) is 10.1 Å². The highest BCUT2D eigenvalue weighted by Crippen LogP contribution is 2.61. The highest BCUT2D eigenvalue weighted by atomic mass is 19.1. The van der Waals surface area contributed by atoms with Crippen LogP contribution in [-0.4, -0.2) is 98.5 Å². The van der Waals surface area contributed by atoms with Gasteiger partial charge in [0.2, 0.25) is 5.91 Å². The quantitative estimate of drug-likeness (QED) is 0.180. The minimum Gasteiger partial charge on any atom is -0.393 e. The molecule has 1 heterocycles. The van der Waals surface area contributed by atoms with E-state index < -0.39 is 30.0 Å². The van der Waals surface area contributed by atoms with Crippen molar-refractivity contribution in [1.29, 1.82) is 0 Å². The molecule has 55 heavy (non-hydrogen) atoms. The Kier molecular flexibility index (Phi) is 12.4. The van der Waals surface area contributed by atoms with Crippen molar-refractivity contribution in [1.82, 2.24) is 20.6 Å². The van der Waals surface area contributed by atoms with Crippen LogP contribution in [0.5, 0.6) is 0 Å². The molecule has 3 saturated carbocycles. The van der Waals surface area contributed by atoms with Crippen molar-refractivity contribution in [3.8, 4) is 11.1 Å². The Labute approximate surface area is 326 Å². The fraction of sp³-hybridized carbons (Fsp3) is 0.545. The van der Waals surface area contributed by atoms with Crippen LogP contribution in [0.1, 0.15) is 62.0 Å². The summed E-state index contributed by atoms with van der Waals surface area (Å²) in [5, 5.41) is 19.0. The molecule has 11 heteroatoms. The molecule has 298 valence electrons. The number of benzene rings is 3. The fourth-order valence-electron chi connectivity index (χ4n) is 9.55. The summed E-state index contributed by atoms with van der Waals surface area (Å²) in [5.74, 6) is -0.135. The average molecular weight is 757 g/mol. The third-order valence-corrected chi connectivity index (χ3v) is 12.8. The molecule has 2 amide bonds. The van der Waals surface area contributed by atoms with Crippen LogP contribution in [0.25, 0.3) is 11.1 Å². The Balaban J connectivity index is 1.26. The van der Waals surface area contributed by atoms with Gasteiger partial charge >= 0.3 is 0 Å². The van der Waals surface area contributed by atoms with Gasteiger partial charge in [0.25, 0.3) is 5.91 Å². The fourth-order valence-corrected chi connectivity index (χ4v) is 9.55. The van der Waals surface area contributed by atoms with Crippen molar-refractivity contribution >= 4 is 17.5 Å². The lowest BCUT2D eigenvalue weighted by Gasteiger charge is -2.62. The Morgan fingerprint density at radius 3 is 2.40 bits per heavy atom. The molecule has 3 aromatic carbocycles. The zero-order chi connectivity index (χ0) is 39.8. The van der Waals surface area contributed by atoms with Crippen LogP contribution in [-0.2, 0) is 22.6 Å². The number of hydrogen-bond donors (Lipinski definition) is 4. The Hall–Kier alpha value is -3.87. The molecule has 9 atom stereocenters. The van der Waals surface area contributed by atoms with Gasteiger partial charge in [-0.15, -0.1) is 0 Å². The zero-order valence-corrected chi connectivity index (χ0v) is 33.8. The third-order valence-electron chi connectivity index (χ3n) is 12.8. The van der Waals surface area contributed by atoms with Crippen molar-refractivity contribution in [2.75, 3.05) is 46.2 Å². The molecule has 1 aliphatic heterocycles. The number of amides is 2. The van der Waals surface area contributed by atoms with Gasteiger partial charge in [-0.25, -0.2) is 4.39 Å². The van der Waals surface area contributed by atoms with E-state index in [0.717, 1.165) is 17.7 Å². The summed E-state index contributed by atoms with van der Waals surface area (Å²) in [7, 11) is 7.73. The van der Waals surface area contributed by atoms with Crippen molar-refractivity contribution < 1.29 is 23.9 Å². The maximum Gasteiger partial charge on any atom is 0.251 e. The van der Waals surface area contributed by atoms with E-state index in [1.165, 1.54) is 11.5 Å². The van der Waals surface area contributed by atoms with Gasteiger partial charge in [-0.2, -0.15) is 5.06 Å². The second-order valence-electron chi connectivity index (χ2n) is 17.4. The van der Waals surface area contributed by atoms with E-state index in [-0.39, 0.29) is 42.4 Å². The van der Waals surface area contributed by atoms with Crippen LogP contribution in [0.2, 0.25) is 0 Å². The lowest BCUT2D eigenvalue weighted by molar-refractivity contribution is -0.176. The standard InChI is InChI=1S/C44H61FN6O4/c1-26-36-21-32(44(36,3)4)22-37(26)48-43(54)41-39(27(2)52)38(23-46)55-51(41)24-29-15-12-16-35(40(29)45)30-18-31(20-34(19-30)50(7)8)42(53)47-33(25-49(5)6)17-28-13-10-9-11-14-28/h9-16,18-20,26-27,32-33,36-39,41,52H,17,21-25,46H2,1-8H3,(H,47,53)(H,48,54)/t26-,27-,32+,33-,36+,37-,38-,39+,41-/m0/s1. The largest absolute Gasteiger partial charge is 0.393 e. The Bertz CT molecular complexity index is 1820. The van der Waals surface area contributed by atoms with Crippen LogP contribution in [0.3, 0.4) is 0 Å². The van der Waals surface area contributed by atoms with Gasteiger partial charge in [0.1, 0.15) is 11.9 Å². The van der Waals surface area contributed by atoms with E-state index in [2.05, 4.69) is 43.5 Å². The third kappa shape index (κ3) is 8.61. The van der Waals surface area contributed by atoms with Gasteiger partial charge in [-0.05, 0) is 92.8 Å². The number of halogens is 1. The van der Waals surface area contributed by atoms with E-state index in [4.69, 9.17) is 10.6 Å². The van der Waals surface area contributed by atoms with Gasteiger partial charge in [0.05, 0.1) is 18.8 Å². The highest BCUT2D eigenvalue weighted by molar-refractivity contribution is 5.97. The SMILES string of the molecule is C[C@@H]1[C@@H](NC(=O)[C@@H]2[C@H]([C@H](C)O)[C@H](CN)ON2Cc2cccc(-c3cc(C(=O)N[C@@H](Cc4ccccc4)CN(C)C)cc(N(C)C)c3)c2F)C[C@H]2C[C@H]1C2(C)C. The molecule has 0 aromatic heterocycles. The first kappa shape index (κ1) is 40.8. The number of carbonyl (C=O) groups excluding carboxylic acids is 2. The Morgan fingerprint density at radius 2 is 1.78 bits per heavy atom. The van der Waals surface area contributed by atoms with Crippen LogP contribution < -0.4 is 21.3 Å². The second-order valence-corrected chi connectivity index (χ2v) is 17.4. The number of hydroxylamine groups is 2. The lowest BCUT2D eigenvalue weighted by atomic mass is 9.45. The summed E-state index contributed by atoms with van der Waals surface area (Å²) < 4.78 is 16.8. The van der Waals surface area contributed by atoms with Crippen LogP contribution in [0.15, 0.2) is 66.7 Å². The predicted molar refractivity (Wildman–Crippen MR) is 216 cm³/mol. The molecular formula is C44H61FN6O4. The number of likely N-dealkylation sites (N-methyl/N-ethyl adjacent to an activating group) is 1. The highest BCUT2D eigenvalue weighted by Gasteiger charge is 2.57. The first-order chi connectivity index (χ1) is 26.1. The summed E-state index contributed by atoms with van der Waals surface area (Å²) in [6.07, 6.45) is 1.27. The molecule has 7 rings (SSSR count). The first-order valence-corrected chi connectivity index (χ1v) is 19.8. The second kappa shape index (κ2) is 16.7. The predicted octanol–water partition coefficient (Wildman–Crippen LogP) is 5.09. The number of carbonyl (C=O) groups is 2. The minimum absolute atomic E-state index is 0.0182. The van der Waals surface area contributed by atoms with E-state index in [1.807, 2.05) is 68.3 Å². The molecule has 3 aromatic rings. The number of aliphatic hydroxyl groups excluding tert-OH is 1. The Morgan fingerprint density at radius 1 is 1.05 bits per heavy atom. The summed E-state index contributed by atoms with van der Waals surface area (Å²) in [4.78, 5) is 38.3. The minimum atomic E-state index is -0.884. The van der Waals surface area contributed by atoms with E-state index in [0.29, 0.717) is 53.0 Å². The summed E-state index contributed by atoms with van der Waals surface area (Å²) >= 11 is 0. The van der Waals surface area contributed by atoms with Gasteiger partial charge in [0, 0.05) is 67.6 Å². The number of nitrogens with one attached hydrogen (secondary N) is 2. The number of fused-ring (bicyclic) bond motifs is 2. The van der Waals surface area contributed by atoms with Crippen molar-refractivity contribution in [3.63, 3.8) is 0 Å². The summed E-state index contributed by atoms with van der Waals surface area (Å²) in [6.45, 7) is 9.23. The molecule has 0 radical (unpaired) electrons. The van der Waals surface area contributed by atoms with E-state index in [1.54, 1.807) is 31.2 Å². The number of aliphatic hydroxyl groups is 1. The number of rotatable bonds is 14. The molecule has 0 unspecified atom stereocenters. The number of hydrogen-bond acceptors (Lipinski definition) is 8. The first-order valence-electron chi connectivity index (χ1n) is 19.8. The topological polar surface area (TPSA) is 123 Å². The van der Waals surface area contributed by atoms with E-state index in [9.17, 15) is 14.7 Å². The molecule has 3 aliphatic carbocycles. The lowest BCUT2D eigenvalue weighted by Crippen LogP contribution is -2.62. The van der Waals surface area contributed by atoms with Crippen LogP contribution >= 0.6 is 0 Å². The van der Waals surface area contributed by atoms with Crippen LogP contribution in [0, 0.1) is 34.9 Å². The van der Waals surface area contributed by atoms with Gasteiger partial charge in [-0.1, -0.05) is 69.3 Å². The molecule has 4 fully saturated rings. The molecule has 5 N–H and O–H groups in total. The van der Waals surface area contributed by atoms with Crippen molar-refractivity contribution in [2.24, 2.45) is 34.8 Å². The number of nitrogens with zero attached hydrogens (tertiary/aromatic N) is 3. The summed E-state index contributed by atoms with van der Waals surface area (Å²) in [5.41, 5.74) is 9.90. The van der Waals surface area contributed by atoms with Gasteiger partial charge in [-0.3, -0.25) is 14.4 Å². The molecule has 10 nitrogen and oxygen atoms in total. The molecule has 0 spiro atoms. The number of anilines is 1.